The molecule has 1 aliphatic heterocycles. The number of halogens is 2. The van der Waals surface area contributed by atoms with Gasteiger partial charge in [-0.3, -0.25) is 4.79 Å². The van der Waals surface area contributed by atoms with Gasteiger partial charge in [0.15, 0.2) is 0 Å². The van der Waals surface area contributed by atoms with E-state index in [4.69, 9.17) is 17.3 Å². The number of nitrogens with one attached hydrogen (secondary N) is 1. The molecule has 0 bridgehead atoms. The first kappa shape index (κ1) is 19.0. The number of alkyl halides is 1. The van der Waals surface area contributed by atoms with Crippen molar-refractivity contribution in [3.63, 3.8) is 0 Å². The smallest absolute Gasteiger partial charge is 0.224 e. The van der Waals surface area contributed by atoms with Gasteiger partial charge in [-0.1, -0.05) is 46.3 Å². The molecule has 6 heteroatoms. The summed E-state index contributed by atoms with van der Waals surface area (Å²) in [5.74, 6) is 0.0774. The molecule has 128 valence electrons. The van der Waals surface area contributed by atoms with Crippen LogP contribution in [0, 0.1) is 0 Å². The second kappa shape index (κ2) is 9.20. The molecule has 3 N–H and O–H groups in total. The lowest BCUT2D eigenvalue weighted by molar-refractivity contribution is -0.121. The average Bonchev–Trinajstić information content (AvgIpc) is 2.49. The fourth-order valence-corrected chi connectivity index (χ4v) is 4.04. The number of nitrogens with zero attached hydrogens (tertiary/aromatic N) is 1. The summed E-state index contributed by atoms with van der Waals surface area (Å²) in [5.41, 5.74) is 7.66. The summed E-state index contributed by atoms with van der Waals surface area (Å²) in [6.45, 7) is 5.77. The van der Waals surface area contributed by atoms with Crippen LogP contribution in [0.1, 0.15) is 34.8 Å². The van der Waals surface area contributed by atoms with Crippen molar-refractivity contribution >= 4 is 40.1 Å². The predicted molar refractivity (Wildman–Crippen MR) is 104 cm³/mol. The van der Waals surface area contributed by atoms with Crippen molar-refractivity contribution in [2.24, 2.45) is 5.73 Å². The number of likely N-dealkylation sites (tertiary alicyclic amines) is 1. The third kappa shape index (κ3) is 5.89. The highest BCUT2D eigenvalue weighted by Crippen LogP contribution is 2.30. The molecule has 1 fully saturated rings. The minimum atomic E-state index is 0.0774. The molecule has 23 heavy (non-hydrogen) atoms. The van der Waals surface area contributed by atoms with Crippen LogP contribution in [0.2, 0.25) is 5.02 Å². The van der Waals surface area contributed by atoms with Gasteiger partial charge in [0.2, 0.25) is 5.91 Å². The summed E-state index contributed by atoms with van der Waals surface area (Å²) >= 11 is 8.63. The molecule has 0 aromatic heterocycles. The molecule has 0 aliphatic carbocycles. The zero-order valence-corrected chi connectivity index (χ0v) is 16.4. The molecular weight excluding hydrogens is 425 g/mol. The van der Waals surface area contributed by atoms with Crippen molar-refractivity contribution in [1.29, 1.82) is 0 Å². The van der Waals surface area contributed by atoms with Crippen LogP contribution >= 0.6 is 34.2 Å². The highest BCUT2D eigenvalue weighted by Gasteiger charge is 2.20. The number of amides is 1. The molecule has 4 nitrogen and oxygen atoms in total. The molecule has 1 amide bonds. The Hall–Kier alpha value is -0.370. The van der Waals surface area contributed by atoms with Gasteiger partial charge in [-0.2, -0.15) is 0 Å². The van der Waals surface area contributed by atoms with Crippen LogP contribution < -0.4 is 11.1 Å². The van der Waals surface area contributed by atoms with Gasteiger partial charge in [0, 0.05) is 41.2 Å². The Kier molecular flexibility index (Phi) is 7.59. The maximum Gasteiger partial charge on any atom is 0.224 e. The van der Waals surface area contributed by atoms with Crippen molar-refractivity contribution in [1.82, 2.24) is 10.2 Å². The van der Waals surface area contributed by atoms with Crippen molar-refractivity contribution in [2.45, 2.75) is 36.2 Å². The Morgan fingerprint density at radius 1 is 1.48 bits per heavy atom. The maximum atomic E-state index is 12.2. The molecule has 1 atom stereocenters. The summed E-state index contributed by atoms with van der Waals surface area (Å²) < 4.78 is 0.363. The lowest BCUT2D eigenvalue weighted by atomic mass is 10.0. The van der Waals surface area contributed by atoms with E-state index < -0.39 is 0 Å². The average molecular weight is 450 g/mol. The zero-order chi connectivity index (χ0) is 16.8. The van der Waals surface area contributed by atoms with E-state index in [1.54, 1.807) is 0 Å². The molecule has 0 saturated carbocycles. The summed E-state index contributed by atoms with van der Waals surface area (Å²) in [7, 11) is 0. The number of rotatable bonds is 6. The van der Waals surface area contributed by atoms with E-state index in [2.05, 4.69) is 39.7 Å². The molecule has 1 aromatic rings. The lowest BCUT2D eigenvalue weighted by Crippen LogP contribution is -2.46. The fraction of sp³-hybridized carbons (Fsp3) is 0.588. The van der Waals surface area contributed by atoms with E-state index in [-0.39, 0.29) is 11.9 Å². The van der Waals surface area contributed by atoms with E-state index in [9.17, 15) is 4.79 Å². The van der Waals surface area contributed by atoms with Crippen LogP contribution in [0.4, 0.5) is 0 Å². The van der Waals surface area contributed by atoms with E-state index in [0.29, 0.717) is 16.9 Å². The molecular formula is C17H25ClIN3O. The normalized spacial score (nSPS) is 17.9. The van der Waals surface area contributed by atoms with Gasteiger partial charge in [-0.05, 0) is 37.0 Å². The van der Waals surface area contributed by atoms with Crippen LogP contribution in [0.25, 0.3) is 0 Å². The number of carbonyl (C=O) groups is 1. The Balaban J connectivity index is 1.82. The van der Waals surface area contributed by atoms with Crippen LogP contribution in [-0.2, 0) is 11.2 Å². The molecule has 0 spiro atoms. The molecule has 1 heterocycles. The molecule has 1 aliphatic rings. The highest BCUT2D eigenvalue weighted by atomic mass is 127. The first-order valence-electron chi connectivity index (χ1n) is 8.13. The van der Waals surface area contributed by atoms with Gasteiger partial charge >= 0.3 is 0 Å². The maximum absolute atomic E-state index is 12.2. The third-order valence-corrected chi connectivity index (χ3v) is 5.25. The summed E-state index contributed by atoms with van der Waals surface area (Å²) in [6, 6.07) is 6.21. The fourth-order valence-electron chi connectivity index (χ4n) is 2.95. The SMILES string of the molecule is C[C@H](I)c1ccc(CC(=O)NC2CCN(CCN)CC2)cc1Cl. The van der Waals surface area contributed by atoms with Crippen LogP contribution in [0.5, 0.6) is 0 Å². The third-order valence-electron chi connectivity index (χ3n) is 4.26. The minimum absolute atomic E-state index is 0.0774. The molecule has 0 radical (unpaired) electrons. The Morgan fingerprint density at radius 3 is 2.74 bits per heavy atom. The van der Waals surface area contributed by atoms with Gasteiger partial charge in [0.25, 0.3) is 0 Å². The van der Waals surface area contributed by atoms with Crippen molar-refractivity contribution in [2.75, 3.05) is 26.2 Å². The lowest BCUT2D eigenvalue weighted by Gasteiger charge is -2.32. The van der Waals surface area contributed by atoms with E-state index in [1.165, 1.54) is 0 Å². The summed E-state index contributed by atoms with van der Waals surface area (Å²) in [6.07, 6.45) is 2.38. The second-order valence-electron chi connectivity index (χ2n) is 6.12. The Morgan fingerprint density at radius 2 is 2.17 bits per heavy atom. The molecule has 1 aromatic carbocycles. The van der Waals surface area contributed by atoms with E-state index >= 15 is 0 Å². The van der Waals surface area contributed by atoms with E-state index in [1.807, 2.05) is 18.2 Å². The van der Waals surface area contributed by atoms with Crippen molar-refractivity contribution in [3.8, 4) is 0 Å². The monoisotopic (exact) mass is 449 g/mol. The first-order valence-corrected chi connectivity index (χ1v) is 9.76. The first-order chi connectivity index (χ1) is 11.0. The molecule has 1 saturated heterocycles. The summed E-state index contributed by atoms with van der Waals surface area (Å²) in [4.78, 5) is 14.6. The van der Waals surface area contributed by atoms with Gasteiger partial charge in [0.05, 0.1) is 6.42 Å². The second-order valence-corrected chi connectivity index (χ2v) is 8.40. The predicted octanol–water partition coefficient (Wildman–Crippen LogP) is 2.92. The van der Waals surface area contributed by atoms with Crippen molar-refractivity contribution < 1.29 is 4.79 Å². The number of piperidine rings is 1. The van der Waals surface area contributed by atoms with Crippen LogP contribution in [-0.4, -0.2) is 43.0 Å². The van der Waals surface area contributed by atoms with Crippen LogP contribution in [0.3, 0.4) is 0 Å². The number of carbonyl (C=O) groups excluding carboxylic acids is 1. The zero-order valence-electron chi connectivity index (χ0n) is 13.5. The number of hydrogen-bond donors (Lipinski definition) is 2. The largest absolute Gasteiger partial charge is 0.353 e. The van der Waals surface area contributed by atoms with Crippen LogP contribution in [0.15, 0.2) is 18.2 Å². The molecule has 2 rings (SSSR count). The molecule has 0 unspecified atom stereocenters. The van der Waals surface area contributed by atoms with Gasteiger partial charge < -0.3 is 16.0 Å². The Bertz CT molecular complexity index is 531. The topological polar surface area (TPSA) is 58.4 Å². The van der Waals surface area contributed by atoms with Gasteiger partial charge in [0.1, 0.15) is 0 Å². The van der Waals surface area contributed by atoms with Gasteiger partial charge in [-0.25, -0.2) is 0 Å². The minimum Gasteiger partial charge on any atom is -0.353 e. The number of benzene rings is 1. The Labute approximate surface area is 157 Å². The van der Waals surface area contributed by atoms with Gasteiger partial charge in [-0.15, -0.1) is 0 Å². The number of hydrogen-bond acceptors (Lipinski definition) is 3. The van der Waals surface area contributed by atoms with E-state index in [0.717, 1.165) is 48.6 Å². The van der Waals surface area contributed by atoms with Crippen molar-refractivity contribution in [3.05, 3.63) is 34.3 Å². The number of nitrogens with two attached hydrogens (primary N) is 1. The summed E-state index contributed by atoms with van der Waals surface area (Å²) in [5, 5.41) is 3.89. The quantitative estimate of drug-likeness (QED) is 0.519. The standard InChI is InChI=1S/C17H25ClIN3O/c1-12(19)15-3-2-13(10-16(15)18)11-17(23)21-14-4-7-22(8-5-14)9-6-20/h2-3,10,12,14H,4-9,11,20H2,1H3,(H,21,23)/t12-/m0/s1. The highest BCUT2D eigenvalue weighted by molar-refractivity contribution is 14.1.